The second-order valence-electron chi connectivity index (χ2n) is 2.77. The quantitative estimate of drug-likeness (QED) is 0.469. The number of halogens is 4. The standard InChI is InChI=1S/C7H5F4O3P.C2H6/c1-2-3(8)5(10)7(15(12,13)14)6(11)4(2)9;1-2/h1H3,(H2,12,13,14);1-2H3. The molecular weight excluding hydrogens is 263 g/mol. The van der Waals surface area contributed by atoms with Crippen molar-refractivity contribution in [3.63, 3.8) is 0 Å². The topological polar surface area (TPSA) is 57.5 Å². The Bertz CT molecular complexity index is 441. The molecule has 2 N–H and O–H groups in total. The van der Waals surface area contributed by atoms with Crippen molar-refractivity contribution >= 4 is 12.9 Å². The summed E-state index contributed by atoms with van der Waals surface area (Å²) in [7, 11) is -5.40. The van der Waals surface area contributed by atoms with Crippen LogP contribution < -0.4 is 5.30 Å². The zero-order valence-electron chi connectivity index (χ0n) is 9.26. The summed E-state index contributed by atoms with van der Waals surface area (Å²) in [4.78, 5) is 17.0. The number of rotatable bonds is 1. The summed E-state index contributed by atoms with van der Waals surface area (Å²) >= 11 is 0. The predicted octanol–water partition coefficient (Wildman–Crippen LogP) is 2.38. The van der Waals surface area contributed by atoms with E-state index < -0.39 is 41.7 Å². The van der Waals surface area contributed by atoms with E-state index in [0.29, 0.717) is 0 Å². The largest absolute Gasteiger partial charge is 0.362 e. The fourth-order valence-corrected chi connectivity index (χ4v) is 1.69. The zero-order chi connectivity index (χ0) is 14.0. The van der Waals surface area contributed by atoms with Crippen molar-refractivity contribution in [1.29, 1.82) is 0 Å². The van der Waals surface area contributed by atoms with Crippen molar-refractivity contribution in [3.05, 3.63) is 28.8 Å². The van der Waals surface area contributed by atoms with E-state index in [1.165, 1.54) is 0 Å². The zero-order valence-corrected chi connectivity index (χ0v) is 10.2. The van der Waals surface area contributed by atoms with Crippen molar-refractivity contribution in [2.75, 3.05) is 0 Å². The van der Waals surface area contributed by atoms with Gasteiger partial charge in [-0.15, -0.1) is 0 Å². The second-order valence-corrected chi connectivity index (χ2v) is 4.31. The molecule has 1 aromatic rings. The van der Waals surface area contributed by atoms with Crippen LogP contribution in [0.15, 0.2) is 0 Å². The molecule has 8 heteroatoms. The van der Waals surface area contributed by atoms with E-state index in [1.807, 2.05) is 13.8 Å². The highest BCUT2D eigenvalue weighted by Crippen LogP contribution is 2.37. The average molecular weight is 274 g/mol. The third-order valence-electron chi connectivity index (χ3n) is 1.75. The highest BCUT2D eigenvalue weighted by atomic mass is 31.2. The number of hydrogen-bond donors (Lipinski definition) is 2. The van der Waals surface area contributed by atoms with Crippen LogP contribution in [0, 0.1) is 30.2 Å². The lowest BCUT2D eigenvalue weighted by molar-refractivity contribution is 0.378. The molecular formula is C9H11F4O3P. The van der Waals surface area contributed by atoms with Crippen molar-refractivity contribution in [1.82, 2.24) is 0 Å². The molecule has 0 spiro atoms. The first-order chi connectivity index (χ1) is 7.68. The third-order valence-corrected chi connectivity index (χ3v) is 2.73. The van der Waals surface area contributed by atoms with Gasteiger partial charge in [-0.3, -0.25) is 4.57 Å². The molecule has 17 heavy (non-hydrogen) atoms. The summed E-state index contributed by atoms with van der Waals surface area (Å²) in [5.74, 6) is -7.76. The molecule has 0 bridgehead atoms. The third kappa shape index (κ3) is 3.06. The molecule has 1 rings (SSSR count). The molecule has 0 amide bonds. The van der Waals surface area contributed by atoms with Crippen LogP contribution in [-0.2, 0) is 4.57 Å². The van der Waals surface area contributed by atoms with E-state index in [1.54, 1.807) is 0 Å². The van der Waals surface area contributed by atoms with Crippen LogP contribution in [0.25, 0.3) is 0 Å². The Morgan fingerprint density at radius 3 is 1.41 bits per heavy atom. The van der Waals surface area contributed by atoms with E-state index in [4.69, 9.17) is 9.79 Å². The molecule has 0 atom stereocenters. The summed E-state index contributed by atoms with van der Waals surface area (Å²) in [6.07, 6.45) is 0. The summed E-state index contributed by atoms with van der Waals surface area (Å²) in [5.41, 5.74) is -0.970. The Balaban J connectivity index is 0.00000121. The van der Waals surface area contributed by atoms with Gasteiger partial charge in [0.15, 0.2) is 23.3 Å². The van der Waals surface area contributed by atoms with Gasteiger partial charge in [-0.1, -0.05) is 13.8 Å². The Morgan fingerprint density at radius 1 is 0.882 bits per heavy atom. The van der Waals surface area contributed by atoms with Crippen LogP contribution in [0.5, 0.6) is 0 Å². The Hall–Kier alpha value is -0.910. The van der Waals surface area contributed by atoms with Gasteiger partial charge in [0, 0.05) is 5.56 Å². The Kier molecular flexibility index (Phi) is 5.32. The molecule has 0 aliphatic rings. The minimum atomic E-state index is -5.40. The van der Waals surface area contributed by atoms with Gasteiger partial charge in [0.2, 0.25) is 0 Å². The minimum absolute atomic E-state index is 0.750. The number of benzene rings is 1. The van der Waals surface area contributed by atoms with Gasteiger partial charge in [-0.2, -0.15) is 0 Å². The number of hydrogen-bond acceptors (Lipinski definition) is 1. The maximum absolute atomic E-state index is 12.9. The molecule has 98 valence electrons. The summed E-state index contributed by atoms with van der Waals surface area (Å²) in [6.45, 7) is 4.75. The lowest BCUT2D eigenvalue weighted by atomic mass is 10.2. The molecule has 0 radical (unpaired) electrons. The predicted molar refractivity (Wildman–Crippen MR) is 54.0 cm³/mol. The molecule has 0 heterocycles. The van der Waals surface area contributed by atoms with Crippen LogP contribution in [0.4, 0.5) is 17.6 Å². The summed E-state index contributed by atoms with van der Waals surface area (Å²) in [5, 5.41) is -1.89. The fraction of sp³-hybridized carbons (Fsp3) is 0.333. The maximum atomic E-state index is 12.9. The Morgan fingerprint density at radius 2 is 1.18 bits per heavy atom. The monoisotopic (exact) mass is 274 g/mol. The van der Waals surface area contributed by atoms with Crippen molar-refractivity contribution in [3.8, 4) is 0 Å². The van der Waals surface area contributed by atoms with E-state index >= 15 is 0 Å². The van der Waals surface area contributed by atoms with Crippen molar-refractivity contribution in [2.24, 2.45) is 0 Å². The van der Waals surface area contributed by atoms with E-state index in [2.05, 4.69) is 0 Å². The molecule has 3 nitrogen and oxygen atoms in total. The van der Waals surface area contributed by atoms with Crippen LogP contribution in [0.2, 0.25) is 0 Å². The van der Waals surface area contributed by atoms with Crippen molar-refractivity contribution < 1.29 is 31.9 Å². The molecule has 0 aromatic heterocycles. The van der Waals surface area contributed by atoms with Crippen LogP contribution in [-0.4, -0.2) is 9.79 Å². The first-order valence-corrected chi connectivity index (χ1v) is 6.17. The lowest BCUT2D eigenvalue weighted by Crippen LogP contribution is -2.20. The van der Waals surface area contributed by atoms with Gasteiger partial charge in [0.1, 0.15) is 5.30 Å². The Labute approximate surface area is 95.2 Å². The van der Waals surface area contributed by atoms with Gasteiger partial charge < -0.3 is 9.79 Å². The van der Waals surface area contributed by atoms with Crippen LogP contribution in [0.1, 0.15) is 19.4 Å². The summed E-state index contributed by atoms with van der Waals surface area (Å²) in [6, 6.07) is 0. The van der Waals surface area contributed by atoms with Crippen molar-refractivity contribution in [2.45, 2.75) is 20.8 Å². The fourth-order valence-electron chi connectivity index (χ4n) is 0.986. The lowest BCUT2D eigenvalue weighted by Gasteiger charge is -2.10. The van der Waals surface area contributed by atoms with E-state index in [9.17, 15) is 22.1 Å². The normalized spacial score (nSPS) is 10.9. The van der Waals surface area contributed by atoms with E-state index in [0.717, 1.165) is 6.92 Å². The smallest absolute Gasteiger partial charge is 0.321 e. The molecule has 1 aromatic carbocycles. The molecule has 0 aliphatic heterocycles. The maximum Gasteiger partial charge on any atom is 0.362 e. The SMILES string of the molecule is CC.Cc1c(F)c(F)c(P(=O)(O)O)c(F)c1F. The first kappa shape index (κ1) is 16.1. The highest BCUT2D eigenvalue weighted by Gasteiger charge is 2.33. The van der Waals surface area contributed by atoms with Gasteiger partial charge >= 0.3 is 7.60 Å². The molecule has 0 fully saturated rings. The summed E-state index contributed by atoms with van der Waals surface area (Å²) < 4.78 is 62.1. The highest BCUT2D eigenvalue weighted by molar-refractivity contribution is 7.60. The van der Waals surface area contributed by atoms with E-state index in [-0.39, 0.29) is 0 Å². The molecule has 0 saturated heterocycles. The molecule has 0 unspecified atom stereocenters. The average Bonchev–Trinajstić information content (AvgIpc) is 2.25. The molecule has 0 saturated carbocycles. The first-order valence-electron chi connectivity index (χ1n) is 4.56. The molecule has 0 aliphatic carbocycles. The minimum Gasteiger partial charge on any atom is -0.321 e. The second kappa shape index (κ2) is 5.62. The van der Waals surface area contributed by atoms with Crippen LogP contribution in [0.3, 0.4) is 0 Å². The van der Waals surface area contributed by atoms with Gasteiger partial charge in [0.25, 0.3) is 0 Å². The van der Waals surface area contributed by atoms with Gasteiger partial charge in [-0.25, -0.2) is 17.6 Å². The van der Waals surface area contributed by atoms with Gasteiger partial charge in [0.05, 0.1) is 0 Å². The van der Waals surface area contributed by atoms with Gasteiger partial charge in [-0.05, 0) is 6.92 Å². The van der Waals surface area contributed by atoms with Crippen LogP contribution >= 0.6 is 7.60 Å².